The normalized spacial score (nSPS) is 11.4. The van der Waals surface area contributed by atoms with Crippen molar-refractivity contribution in [3.05, 3.63) is 71.8 Å². The molecule has 6 heteroatoms. The maximum Gasteiger partial charge on any atom is 0.238 e. The molecule has 122 valence electrons. The molecule has 0 spiro atoms. The first-order valence-corrected chi connectivity index (χ1v) is 9.56. The third-order valence-electron chi connectivity index (χ3n) is 3.30. The van der Waals surface area contributed by atoms with Gasteiger partial charge in [0.05, 0.1) is 11.5 Å². The van der Waals surface area contributed by atoms with Crippen LogP contribution < -0.4 is 5.14 Å². The summed E-state index contributed by atoms with van der Waals surface area (Å²) >= 11 is 1.48. The molecule has 0 saturated carbocycles. The van der Waals surface area contributed by atoms with Crippen LogP contribution in [0.15, 0.2) is 64.9 Å². The Kier molecular flexibility index (Phi) is 6.01. The van der Waals surface area contributed by atoms with Gasteiger partial charge in [0.25, 0.3) is 0 Å². The van der Waals surface area contributed by atoms with Gasteiger partial charge in [-0.3, -0.25) is 0 Å². The number of nitrogens with two attached hydrogens (primary N) is 1. The Morgan fingerprint density at radius 1 is 1.17 bits per heavy atom. The van der Waals surface area contributed by atoms with Crippen LogP contribution in [-0.4, -0.2) is 19.3 Å². The first-order valence-electron chi connectivity index (χ1n) is 7.02. The number of aliphatic hydroxyl groups excluding tert-OH is 1. The SMILES string of the molecule is C=CCSc1cc(CO)cc(S(N)(=O)=O)c1Cc1ccccc1. The third-order valence-corrected chi connectivity index (χ3v) is 5.35. The molecule has 0 aliphatic rings. The molecule has 23 heavy (non-hydrogen) atoms. The molecule has 0 heterocycles. The minimum atomic E-state index is -3.88. The molecule has 0 aliphatic heterocycles. The number of hydrogen-bond donors (Lipinski definition) is 2. The van der Waals surface area contributed by atoms with E-state index in [9.17, 15) is 13.5 Å². The summed E-state index contributed by atoms with van der Waals surface area (Å²) in [7, 11) is -3.88. The summed E-state index contributed by atoms with van der Waals surface area (Å²) < 4.78 is 24.0. The van der Waals surface area contributed by atoms with E-state index in [0.29, 0.717) is 23.3 Å². The summed E-state index contributed by atoms with van der Waals surface area (Å²) in [6.45, 7) is 3.45. The Morgan fingerprint density at radius 2 is 1.87 bits per heavy atom. The first kappa shape index (κ1) is 17.7. The van der Waals surface area contributed by atoms with E-state index in [0.717, 1.165) is 10.5 Å². The molecule has 3 N–H and O–H groups in total. The number of primary sulfonamides is 1. The lowest BCUT2D eigenvalue weighted by atomic mass is 10.0. The molecule has 4 nitrogen and oxygen atoms in total. The van der Waals surface area contributed by atoms with Crippen molar-refractivity contribution in [2.24, 2.45) is 5.14 Å². The smallest absolute Gasteiger partial charge is 0.238 e. The van der Waals surface area contributed by atoms with Crippen LogP contribution in [-0.2, 0) is 23.1 Å². The minimum Gasteiger partial charge on any atom is -0.392 e. The highest BCUT2D eigenvalue weighted by atomic mass is 32.2. The molecule has 0 bridgehead atoms. The van der Waals surface area contributed by atoms with E-state index >= 15 is 0 Å². The van der Waals surface area contributed by atoms with Crippen molar-refractivity contribution >= 4 is 21.8 Å². The van der Waals surface area contributed by atoms with Crippen molar-refractivity contribution in [3.8, 4) is 0 Å². The Bertz CT molecular complexity index is 787. The summed E-state index contributed by atoms with van der Waals surface area (Å²) in [4.78, 5) is 0.865. The van der Waals surface area contributed by atoms with Gasteiger partial charge in [-0.2, -0.15) is 0 Å². The second-order valence-corrected chi connectivity index (χ2v) is 7.63. The van der Waals surface area contributed by atoms with E-state index in [1.165, 1.54) is 17.8 Å². The van der Waals surface area contributed by atoms with Crippen molar-refractivity contribution in [1.82, 2.24) is 0 Å². The molecule has 0 aromatic heterocycles. The van der Waals surface area contributed by atoms with Crippen LogP contribution in [0.5, 0.6) is 0 Å². The number of rotatable bonds is 7. The van der Waals surface area contributed by atoms with Gasteiger partial charge in [-0.25, -0.2) is 13.6 Å². The predicted octanol–water partition coefficient (Wildman–Crippen LogP) is 2.70. The van der Waals surface area contributed by atoms with Crippen molar-refractivity contribution < 1.29 is 13.5 Å². The van der Waals surface area contributed by atoms with Gasteiger partial charge in [-0.15, -0.1) is 18.3 Å². The summed E-state index contributed by atoms with van der Waals surface area (Å²) in [5.41, 5.74) is 2.18. The van der Waals surface area contributed by atoms with Crippen LogP contribution >= 0.6 is 11.8 Å². The number of thioether (sulfide) groups is 1. The molecule has 0 fully saturated rings. The van der Waals surface area contributed by atoms with Gasteiger partial charge in [0.1, 0.15) is 0 Å². The highest BCUT2D eigenvalue weighted by molar-refractivity contribution is 7.99. The Balaban J connectivity index is 2.60. The van der Waals surface area contributed by atoms with Crippen LogP contribution in [0.1, 0.15) is 16.7 Å². The maximum atomic E-state index is 12.0. The molecular formula is C17H19NO3S2. The first-order chi connectivity index (χ1) is 11.0. The van der Waals surface area contributed by atoms with E-state index in [4.69, 9.17) is 5.14 Å². The van der Waals surface area contributed by atoms with Gasteiger partial charge in [0, 0.05) is 10.6 Å². The van der Waals surface area contributed by atoms with Crippen molar-refractivity contribution in [2.75, 3.05) is 5.75 Å². The zero-order chi connectivity index (χ0) is 16.9. The Labute approximate surface area is 141 Å². The Morgan fingerprint density at radius 3 is 2.43 bits per heavy atom. The van der Waals surface area contributed by atoms with Gasteiger partial charge in [0.15, 0.2) is 0 Å². The molecule has 0 aliphatic carbocycles. The van der Waals surface area contributed by atoms with Crippen LogP contribution in [0.2, 0.25) is 0 Å². The highest BCUT2D eigenvalue weighted by Crippen LogP contribution is 2.31. The zero-order valence-electron chi connectivity index (χ0n) is 12.6. The Hall–Kier alpha value is -1.60. The average Bonchev–Trinajstić information content (AvgIpc) is 2.53. The second kappa shape index (κ2) is 7.79. The predicted molar refractivity (Wildman–Crippen MR) is 93.9 cm³/mol. The van der Waals surface area contributed by atoms with E-state index in [2.05, 4.69) is 6.58 Å². The minimum absolute atomic E-state index is 0.0689. The topological polar surface area (TPSA) is 80.4 Å². The van der Waals surface area contributed by atoms with E-state index in [1.54, 1.807) is 12.1 Å². The third kappa shape index (κ3) is 4.68. The van der Waals surface area contributed by atoms with Crippen LogP contribution in [0, 0.1) is 0 Å². The van der Waals surface area contributed by atoms with E-state index in [-0.39, 0.29) is 11.5 Å². The zero-order valence-corrected chi connectivity index (χ0v) is 14.2. The second-order valence-electron chi connectivity index (χ2n) is 5.04. The summed E-state index contributed by atoms with van der Waals surface area (Å²) in [5, 5.41) is 14.8. The summed E-state index contributed by atoms with van der Waals surface area (Å²) in [6, 6.07) is 12.9. The number of hydrogen-bond acceptors (Lipinski definition) is 4. The van der Waals surface area contributed by atoms with Crippen molar-refractivity contribution in [3.63, 3.8) is 0 Å². The summed E-state index contributed by atoms with van der Waals surface area (Å²) in [6.07, 6.45) is 2.21. The van der Waals surface area contributed by atoms with Gasteiger partial charge in [-0.1, -0.05) is 36.4 Å². The van der Waals surface area contributed by atoms with Crippen LogP contribution in [0.3, 0.4) is 0 Å². The molecule has 2 rings (SSSR count). The molecule has 0 amide bonds. The lowest BCUT2D eigenvalue weighted by Crippen LogP contribution is -2.16. The largest absolute Gasteiger partial charge is 0.392 e. The monoisotopic (exact) mass is 349 g/mol. The molecule has 0 unspecified atom stereocenters. The van der Waals surface area contributed by atoms with Gasteiger partial charge in [-0.05, 0) is 35.2 Å². The number of benzene rings is 2. The standard InChI is InChI=1S/C17H19NO3S2/c1-2-8-22-16-10-14(12-19)11-17(23(18,20)21)15(16)9-13-6-4-3-5-7-13/h2-7,10-11,19H,1,8-9,12H2,(H2,18,20,21). The fourth-order valence-electron chi connectivity index (χ4n) is 2.27. The lowest BCUT2D eigenvalue weighted by molar-refractivity contribution is 0.281. The maximum absolute atomic E-state index is 12.0. The van der Waals surface area contributed by atoms with E-state index in [1.807, 2.05) is 30.3 Å². The van der Waals surface area contributed by atoms with E-state index < -0.39 is 10.0 Å². The molecular weight excluding hydrogens is 330 g/mol. The average molecular weight is 349 g/mol. The molecule has 2 aromatic rings. The number of aliphatic hydroxyl groups is 1. The molecule has 0 saturated heterocycles. The van der Waals surface area contributed by atoms with Crippen LogP contribution in [0.4, 0.5) is 0 Å². The van der Waals surface area contributed by atoms with Gasteiger partial charge in [0.2, 0.25) is 10.0 Å². The van der Waals surface area contributed by atoms with Crippen molar-refractivity contribution in [2.45, 2.75) is 22.8 Å². The fourth-order valence-corrected chi connectivity index (χ4v) is 4.07. The van der Waals surface area contributed by atoms with Crippen LogP contribution in [0.25, 0.3) is 0 Å². The quantitative estimate of drug-likeness (QED) is 0.595. The lowest BCUT2D eigenvalue weighted by Gasteiger charge is -2.15. The molecule has 0 radical (unpaired) electrons. The van der Waals surface area contributed by atoms with Crippen molar-refractivity contribution in [1.29, 1.82) is 0 Å². The molecule has 0 atom stereocenters. The van der Waals surface area contributed by atoms with Gasteiger partial charge >= 0.3 is 0 Å². The highest BCUT2D eigenvalue weighted by Gasteiger charge is 2.19. The number of sulfonamides is 1. The summed E-state index contributed by atoms with van der Waals surface area (Å²) in [5.74, 6) is 0.640. The molecule has 2 aromatic carbocycles. The van der Waals surface area contributed by atoms with Gasteiger partial charge < -0.3 is 5.11 Å². The fraction of sp³-hybridized carbons (Fsp3) is 0.176.